The lowest BCUT2D eigenvalue weighted by Gasteiger charge is -2.12. The Morgan fingerprint density at radius 3 is 2.48 bits per heavy atom. The van der Waals surface area contributed by atoms with Gasteiger partial charge in [-0.15, -0.1) is 0 Å². The Bertz CT molecular complexity index is 898. The standard InChI is InChI=1S/C21H23N3O3/c1-3-22-20(25)16-10-8-15(9-11-16)13-23-21(26)24-14(2)19-12-17-6-4-5-7-18(17)27-19/h4-12,14H,3,13H2,1-2H3,(H,22,25)(H2,23,24,26). The summed E-state index contributed by atoms with van der Waals surface area (Å²) in [5, 5.41) is 9.44. The lowest BCUT2D eigenvalue weighted by atomic mass is 10.1. The third kappa shape index (κ3) is 4.67. The highest BCUT2D eigenvalue weighted by Crippen LogP contribution is 2.23. The van der Waals surface area contributed by atoms with Gasteiger partial charge in [-0.1, -0.05) is 30.3 Å². The summed E-state index contributed by atoms with van der Waals surface area (Å²) in [5.74, 6) is 0.604. The predicted molar refractivity (Wildman–Crippen MR) is 104 cm³/mol. The number of nitrogens with one attached hydrogen (secondary N) is 3. The van der Waals surface area contributed by atoms with E-state index in [1.54, 1.807) is 12.1 Å². The van der Waals surface area contributed by atoms with Crippen molar-refractivity contribution in [3.8, 4) is 0 Å². The molecule has 0 bridgehead atoms. The van der Waals surface area contributed by atoms with E-state index in [1.165, 1.54) is 0 Å². The number of rotatable bonds is 6. The molecule has 1 unspecified atom stereocenters. The molecule has 3 amide bonds. The molecule has 1 aromatic heterocycles. The molecule has 0 saturated heterocycles. The lowest BCUT2D eigenvalue weighted by molar-refractivity contribution is 0.0955. The Kier molecular flexibility index (Phi) is 5.76. The van der Waals surface area contributed by atoms with Gasteiger partial charge in [0.2, 0.25) is 0 Å². The number of carbonyl (C=O) groups excluding carboxylic acids is 2. The van der Waals surface area contributed by atoms with Crippen LogP contribution in [-0.4, -0.2) is 18.5 Å². The van der Waals surface area contributed by atoms with E-state index in [0.29, 0.717) is 24.4 Å². The van der Waals surface area contributed by atoms with Crippen molar-refractivity contribution in [3.63, 3.8) is 0 Å². The second-order valence-corrected chi connectivity index (χ2v) is 6.29. The number of carbonyl (C=O) groups is 2. The summed E-state index contributed by atoms with van der Waals surface area (Å²) < 4.78 is 5.77. The van der Waals surface area contributed by atoms with Gasteiger partial charge in [-0.3, -0.25) is 4.79 Å². The maximum absolute atomic E-state index is 12.1. The van der Waals surface area contributed by atoms with E-state index in [4.69, 9.17) is 4.42 Å². The van der Waals surface area contributed by atoms with Gasteiger partial charge in [0, 0.05) is 24.0 Å². The zero-order chi connectivity index (χ0) is 19.2. The highest BCUT2D eigenvalue weighted by Gasteiger charge is 2.14. The van der Waals surface area contributed by atoms with E-state index in [0.717, 1.165) is 16.5 Å². The minimum atomic E-state index is -0.282. The van der Waals surface area contributed by atoms with Crippen LogP contribution in [0.1, 0.15) is 41.6 Å². The molecule has 3 N–H and O–H groups in total. The van der Waals surface area contributed by atoms with Crippen molar-refractivity contribution in [1.82, 2.24) is 16.0 Å². The van der Waals surface area contributed by atoms with Gasteiger partial charge in [0.15, 0.2) is 0 Å². The molecule has 0 spiro atoms. The lowest BCUT2D eigenvalue weighted by Crippen LogP contribution is -2.36. The predicted octanol–water partition coefficient (Wildman–Crippen LogP) is 3.74. The van der Waals surface area contributed by atoms with E-state index in [-0.39, 0.29) is 18.0 Å². The van der Waals surface area contributed by atoms with Crippen LogP contribution in [0.25, 0.3) is 11.0 Å². The maximum atomic E-state index is 12.1. The third-order valence-corrected chi connectivity index (χ3v) is 4.23. The fourth-order valence-corrected chi connectivity index (χ4v) is 2.75. The maximum Gasteiger partial charge on any atom is 0.315 e. The molecule has 0 aliphatic carbocycles. The van der Waals surface area contributed by atoms with Crippen LogP contribution >= 0.6 is 0 Å². The van der Waals surface area contributed by atoms with Crippen LogP contribution in [0.15, 0.2) is 59.0 Å². The van der Waals surface area contributed by atoms with Gasteiger partial charge < -0.3 is 20.4 Å². The summed E-state index contributed by atoms with van der Waals surface area (Å²) in [4.78, 5) is 23.9. The molecule has 1 heterocycles. The van der Waals surface area contributed by atoms with Crippen LogP contribution in [0.3, 0.4) is 0 Å². The average molecular weight is 365 g/mol. The molecule has 6 nitrogen and oxygen atoms in total. The summed E-state index contributed by atoms with van der Waals surface area (Å²) in [6.07, 6.45) is 0. The first-order valence-corrected chi connectivity index (χ1v) is 8.97. The molecule has 0 aliphatic heterocycles. The number of fused-ring (bicyclic) bond motifs is 1. The molecule has 0 aliphatic rings. The number of urea groups is 1. The SMILES string of the molecule is CCNC(=O)c1ccc(CNC(=O)NC(C)c2cc3ccccc3o2)cc1. The Morgan fingerprint density at radius 2 is 1.78 bits per heavy atom. The topological polar surface area (TPSA) is 83.4 Å². The van der Waals surface area contributed by atoms with E-state index in [2.05, 4.69) is 16.0 Å². The second-order valence-electron chi connectivity index (χ2n) is 6.29. The minimum absolute atomic E-state index is 0.102. The Labute approximate surface area is 157 Å². The summed E-state index contributed by atoms with van der Waals surface area (Å²) in [6, 6.07) is 16.3. The summed E-state index contributed by atoms with van der Waals surface area (Å²) in [5.41, 5.74) is 2.31. The van der Waals surface area contributed by atoms with E-state index in [1.807, 2.05) is 56.3 Å². The van der Waals surface area contributed by atoms with Gasteiger partial charge in [-0.25, -0.2) is 4.79 Å². The van der Waals surface area contributed by atoms with Gasteiger partial charge in [0.1, 0.15) is 11.3 Å². The molecule has 2 aromatic carbocycles. The van der Waals surface area contributed by atoms with E-state index < -0.39 is 0 Å². The van der Waals surface area contributed by atoms with Crippen LogP contribution < -0.4 is 16.0 Å². The molecule has 140 valence electrons. The summed E-state index contributed by atoms with van der Waals surface area (Å²) in [7, 11) is 0. The van der Waals surface area contributed by atoms with Crippen LogP contribution in [0, 0.1) is 0 Å². The Hall–Kier alpha value is -3.28. The Morgan fingerprint density at radius 1 is 1.04 bits per heavy atom. The van der Waals surface area contributed by atoms with Crippen LogP contribution in [0.2, 0.25) is 0 Å². The van der Waals surface area contributed by atoms with Gasteiger partial charge in [-0.2, -0.15) is 0 Å². The highest BCUT2D eigenvalue weighted by atomic mass is 16.3. The molecule has 6 heteroatoms. The highest BCUT2D eigenvalue weighted by molar-refractivity contribution is 5.94. The first-order chi connectivity index (χ1) is 13.1. The summed E-state index contributed by atoms with van der Waals surface area (Å²) in [6.45, 7) is 4.71. The molecule has 3 rings (SSSR count). The molecule has 0 saturated carbocycles. The van der Waals surface area contributed by atoms with Crippen LogP contribution in [0.4, 0.5) is 4.79 Å². The minimum Gasteiger partial charge on any atom is -0.459 e. The molecule has 0 fully saturated rings. The van der Waals surface area contributed by atoms with Gasteiger partial charge in [-0.05, 0) is 43.7 Å². The van der Waals surface area contributed by atoms with Crippen molar-refractivity contribution >= 4 is 22.9 Å². The molecule has 0 radical (unpaired) electrons. The zero-order valence-electron chi connectivity index (χ0n) is 15.4. The number of furan rings is 1. The number of para-hydroxylation sites is 1. The van der Waals surface area contributed by atoms with Gasteiger partial charge in [0.05, 0.1) is 6.04 Å². The fourth-order valence-electron chi connectivity index (χ4n) is 2.75. The van der Waals surface area contributed by atoms with Crippen LogP contribution in [0.5, 0.6) is 0 Å². The van der Waals surface area contributed by atoms with Gasteiger partial charge in [0.25, 0.3) is 5.91 Å². The van der Waals surface area contributed by atoms with Crippen molar-refractivity contribution in [2.75, 3.05) is 6.54 Å². The molecule has 27 heavy (non-hydrogen) atoms. The van der Waals surface area contributed by atoms with Crippen molar-refractivity contribution in [2.24, 2.45) is 0 Å². The van der Waals surface area contributed by atoms with E-state index in [9.17, 15) is 9.59 Å². The largest absolute Gasteiger partial charge is 0.459 e. The molecule has 1 atom stereocenters. The number of hydrogen-bond acceptors (Lipinski definition) is 3. The normalized spacial score (nSPS) is 11.8. The summed E-state index contributed by atoms with van der Waals surface area (Å²) >= 11 is 0. The fraction of sp³-hybridized carbons (Fsp3) is 0.238. The smallest absolute Gasteiger partial charge is 0.315 e. The van der Waals surface area contributed by atoms with Crippen molar-refractivity contribution < 1.29 is 14.0 Å². The first kappa shape index (κ1) is 18.5. The number of amides is 3. The van der Waals surface area contributed by atoms with Gasteiger partial charge >= 0.3 is 6.03 Å². The second kappa shape index (κ2) is 8.40. The monoisotopic (exact) mass is 365 g/mol. The van der Waals surface area contributed by atoms with Crippen molar-refractivity contribution in [3.05, 3.63) is 71.5 Å². The van der Waals surface area contributed by atoms with E-state index >= 15 is 0 Å². The molecule has 3 aromatic rings. The molecular formula is C21H23N3O3. The average Bonchev–Trinajstić information content (AvgIpc) is 3.11. The van der Waals surface area contributed by atoms with Crippen molar-refractivity contribution in [1.29, 1.82) is 0 Å². The Balaban J connectivity index is 1.52. The quantitative estimate of drug-likeness (QED) is 0.622. The third-order valence-electron chi connectivity index (χ3n) is 4.23. The van der Waals surface area contributed by atoms with Crippen molar-refractivity contribution in [2.45, 2.75) is 26.4 Å². The number of hydrogen-bond donors (Lipinski definition) is 3. The van der Waals surface area contributed by atoms with Crippen LogP contribution in [-0.2, 0) is 6.54 Å². The number of benzene rings is 2. The zero-order valence-corrected chi connectivity index (χ0v) is 15.4. The molecular weight excluding hydrogens is 342 g/mol. The first-order valence-electron chi connectivity index (χ1n) is 8.97.